The van der Waals surface area contributed by atoms with Crippen LogP contribution in [-0.4, -0.2) is 42.0 Å². The third-order valence-electron chi connectivity index (χ3n) is 2.52. The van der Waals surface area contributed by atoms with E-state index in [4.69, 9.17) is 0 Å². The Labute approximate surface area is 114 Å². The lowest BCUT2D eigenvalue weighted by atomic mass is 10.2. The fraction of sp³-hybridized carbons (Fsp3) is 0.417. The highest BCUT2D eigenvalue weighted by atomic mass is 79.9. The molecule has 18 heavy (non-hydrogen) atoms. The standard InChI is InChI=1S/C12H15BrN2O3/c1-4-15(5-2)11(16)8-6-9(13)10(14-7-8)12(17)18-3/h6-7H,4-5H2,1-3H3. The number of ether oxygens (including phenoxy) is 1. The molecule has 0 aliphatic rings. The van der Waals surface area contributed by atoms with Gasteiger partial charge in [-0.05, 0) is 35.8 Å². The van der Waals surface area contributed by atoms with Gasteiger partial charge in [-0.2, -0.15) is 0 Å². The van der Waals surface area contributed by atoms with Crippen molar-refractivity contribution in [1.29, 1.82) is 0 Å². The summed E-state index contributed by atoms with van der Waals surface area (Å²) < 4.78 is 5.03. The van der Waals surface area contributed by atoms with E-state index in [9.17, 15) is 9.59 Å². The van der Waals surface area contributed by atoms with Gasteiger partial charge in [-0.3, -0.25) is 4.79 Å². The predicted molar refractivity (Wildman–Crippen MR) is 70.5 cm³/mol. The summed E-state index contributed by atoms with van der Waals surface area (Å²) in [4.78, 5) is 29.0. The molecule has 1 rings (SSSR count). The number of hydrogen-bond donors (Lipinski definition) is 0. The number of carbonyl (C=O) groups excluding carboxylic acids is 2. The van der Waals surface area contributed by atoms with E-state index in [1.807, 2.05) is 13.8 Å². The lowest BCUT2D eigenvalue weighted by Crippen LogP contribution is -2.30. The minimum atomic E-state index is -0.538. The summed E-state index contributed by atoms with van der Waals surface area (Å²) in [7, 11) is 1.28. The van der Waals surface area contributed by atoms with Gasteiger partial charge in [0.05, 0.1) is 17.1 Å². The fourth-order valence-electron chi connectivity index (χ4n) is 1.50. The van der Waals surface area contributed by atoms with Crippen molar-refractivity contribution in [3.8, 4) is 0 Å². The molecule has 0 aromatic carbocycles. The highest BCUT2D eigenvalue weighted by molar-refractivity contribution is 9.10. The zero-order chi connectivity index (χ0) is 13.7. The third-order valence-corrected chi connectivity index (χ3v) is 3.12. The van der Waals surface area contributed by atoms with Crippen molar-refractivity contribution in [2.75, 3.05) is 20.2 Å². The Bertz CT molecular complexity index is 459. The van der Waals surface area contributed by atoms with Crippen molar-refractivity contribution >= 4 is 27.8 Å². The van der Waals surface area contributed by atoms with Crippen LogP contribution in [0.4, 0.5) is 0 Å². The maximum absolute atomic E-state index is 12.1. The van der Waals surface area contributed by atoms with E-state index in [0.29, 0.717) is 23.1 Å². The van der Waals surface area contributed by atoms with E-state index < -0.39 is 5.97 Å². The van der Waals surface area contributed by atoms with Gasteiger partial charge < -0.3 is 9.64 Å². The van der Waals surface area contributed by atoms with E-state index in [2.05, 4.69) is 25.7 Å². The molecule has 0 bridgehead atoms. The van der Waals surface area contributed by atoms with Crippen molar-refractivity contribution in [3.63, 3.8) is 0 Å². The molecule has 1 aromatic rings. The van der Waals surface area contributed by atoms with Crippen LogP contribution < -0.4 is 0 Å². The lowest BCUT2D eigenvalue weighted by molar-refractivity contribution is 0.0591. The van der Waals surface area contributed by atoms with Gasteiger partial charge in [-0.15, -0.1) is 0 Å². The quantitative estimate of drug-likeness (QED) is 0.799. The van der Waals surface area contributed by atoms with Gasteiger partial charge in [0, 0.05) is 19.3 Å². The molecular weight excluding hydrogens is 300 g/mol. The van der Waals surface area contributed by atoms with E-state index in [-0.39, 0.29) is 11.6 Å². The fourth-order valence-corrected chi connectivity index (χ4v) is 2.01. The van der Waals surface area contributed by atoms with Crippen LogP contribution in [0.15, 0.2) is 16.7 Å². The topological polar surface area (TPSA) is 59.5 Å². The molecule has 6 heteroatoms. The van der Waals surface area contributed by atoms with Gasteiger partial charge in [-0.25, -0.2) is 9.78 Å². The van der Waals surface area contributed by atoms with Crippen LogP contribution in [-0.2, 0) is 4.74 Å². The first-order valence-corrected chi connectivity index (χ1v) is 6.37. The third kappa shape index (κ3) is 3.07. The van der Waals surface area contributed by atoms with Crippen LogP contribution in [0.2, 0.25) is 0 Å². The van der Waals surface area contributed by atoms with Crippen molar-refractivity contribution in [2.45, 2.75) is 13.8 Å². The molecule has 0 aliphatic carbocycles. The normalized spacial score (nSPS) is 10.0. The Morgan fingerprint density at radius 3 is 2.44 bits per heavy atom. The molecule has 0 radical (unpaired) electrons. The first-order valence-electron chi connectivity index (χ1n) is 5.58. The summed E-state index contributed by atoms with van der Waals surface area (Å²) in [6.45, 7) is 5.08. The number of halogens is 1. The van der Waals surface area contributed by atoms with Crippen molar-refractivity contribution in [3.05, 3.63) is 28.0 Å². The van der Waals surface area contributed by atoms with Crippen molar-refractivity contribution in [1.82, 2.24) is 9.88 Å². The Morgan fingerprint density at radius 2 is 2.00 bits per heavy atom. The monoisotopic (exact) mass is 314 g/mol. The number of pyridine rings is 1. The van der Waals surface area contributed by atoms with Crippen LogP contribution in [0.3, 0.4) is 0 Å². The van der Waals surface area contributed by atoms with Crippen LogP contribution >= 0.6 is 15.9 Å². The average Bonchev–Trinajstić information content (AvgIpc) is 2.39. The molecule has 5 nitrogen and oxygen atoms in total. The zero-order valence-electron chi connectivity index (χ0n) is 10.6. The summed E-state index contributed by atoms with van der Waals surface area (Å²) in [5.74, 6) is -0.645. The van der Waals surface area contributed by atoms with Gasteiger partial charge in [0.15, 0.2) is 5.69 Å². The summed E-state index contributed by atoms with van der Waals surface area (Å²) in [6, 6.07) is 1.58. The number of nitrogens with zero attached hydrogens (tertiary/aromatic N) is 2. The zero-order valence-corrected chi connectivity index (χ0v) is 12.2. The van der Waals surface area contributed by atoms with E-state index >= 15 is 0 Å². The summed E-state index contributed by atoms with van der Waals surface area (Å²) in [6.07, 6.45) is 1.39. The van der Waals surface area contributed by atoms with Gasteiger partial charge in [0.1, 0.15) is 0 Å². The first kappa shape index (κ1) is 14.6. The summed E-state index contributed by atoms with van der Waals surface area (Å²) in [5.41, 5.74) is 0.604. The Balaban J connectivity index is 3.04. The number of amides is 1. The SMILES string of the molecule is CCN(CC)C(=O)c1cnc(C(=O)OC)c(Br)c1. The number of aromatic nitrogens is 1. The second kappa shape index (κ2) is 6.49. The van der Waals surface area contributed by atoms with Crippen molar-refractivity contribution in [2.24, 2.45) is 0 Å². The maximum Gasteiger partial charge on any atom is 0.357 e. The number of hydrogen-bond acceptors (Lipinski definition) is 4. The molecule has 1 aromatic heterocycles. The summed E-state index contributed by atoms with van der Waals surface area (Å²) >= 11 is 3.22. The number of rotatable bonds is 4. The lowest BCUT2D eigenvalue weighted by Gasteiger charge is -2.18. The predicted octanol–water partition coefficient (Wildman–Crippen LogP) is 2.11. The molecule has 0 unspecified atom stereocenters. The second-order valence-electron chi connectivity index (χ2n) is 3.52. The Morgan fingerprint density at radius 1 is 1.39 bits per heavy atom. The van der Waals surface area contributed by atoms with E-state index in [1.54, 1.807) is 11.0 Å². The molecule has 0 atom stereocenters. The Kier molecular flexibility index (Phi) is 5.27. The second-order valence-corrected chi connectivity index (χ2v) is 4.38. The van der Waals surface area contributed by atoms with Gasteiger partial charge in [0.2, 0.25) is 0 Å². The molecule has 98 valence electrons. The average molecular weight is 315 g/mol. The van der Waals surface area contributed by atoms with Crippen molar-refractivity contribution < 1.29 is 14.3 Å². The van der Waals surface area contributed by atoms with E-state index in [0.717, 1.165) is 0 Å². The molecular formula is C12H15BrN2O3. The van der Waals surface area contributed by atoms with Crippen LogP contribution in [0.1, 0.15) is 34.7 Å². The molecule has 1 heterocycles. The summed E-state index contributed by atoms with van der Waals surface area (Å²) in [5, 5.41) is 0. The molecule has 0 fully saturated rings. The molecule has 1 amide bonds. The molecule has 0 aliphatic heterocycles. The van der Waals surface area contributed by atoms with E-state index in [1.165, 1.54) is 13.3 Å². The minimum absolute atomic E-state index is 0.107. The number of carbonyl (C=O) groups is 2. The van der Waals surface area contributed by atoms with Crippen LogP contribution in [0.25, 0.3) is 0 Å². The smallest absolute Gasteiger partial charge is 0.357 e. The first-order chi connectivity index (χ1) is 8.54. The van der Waals surface area contributed by atoms with Gasteiger partial charge >= 0.3 is 5.97 Å². The van der Waals surface area contributed by atoms with Gasteiger partial charge in [-0.1, -0.05) is 0 Å². The molecule has 0 N–H and O–H groups in total. The van der Waals surface area contributed by atoms with Crippen LogP contribution in [0.5, 0.6) is 0 Å². The van der Waals surface area contributed by atoms with Crippen LogP contribution in [0, 0.1) is 0 Å². The highest BCUT2D eigenvalue weighted by Crippen LogP contribution is 2.18. The minimum Gasteiger partial charge on any atom is -0.464 e. The Hall–Kier alpha value is -1.43. The molecule has 0 saturated heterocycles. The maximum atomic E-state index is 12.1. The largest absolute Gasteiger partial charge is 0.464 e. The molecule has 0 saturated carbocycles. The number of methoxy groups -OCH3 is 1. The highest BCUT2D eigenvalue weighted by Gasteiger charge is 2.17. The van der Waals surface area contributed by atoms with Gasteiger partial charge in [0.25, 0.3) is 5.91 Å². The molecule has 0 spiro atoms. The number of esters is 1.